The first-order valence-corrected chi connectivity index (χ1v) is 5.28. The van der Waals surface area contributed by atoms with Gasteiger partial charge in [0.2, 0.25) is 0 Å². The lowest BCUT2D eigenvalue weighted by atomic mass is 10.0. The molecule has 1 aliphatic rings. The van der Waals surface area contributed by atoms with Gasteiger partial charge in [-0.2, -0.15) is 13.2 Å². The predicted molar refractivity (Wildman–Crippen MR) is 51.4 cm³/mol. The Balaban J connectivity index is 2.35. The fourth-order valence-corrected chi connectivity index (χ4v) is 2.11. The fraction of sp³-hybridized carbons (Fsp3) is 1.00. The highest BCUT2D eigenvalue weighted by Gasteiger charge is 2.38. The minimum atomic E-state index is -4.14. The summed E-state index contributed by atoms with van der Waals surface area (Å²) in [5, 5.41) is 0. The van der Waals surface area contributed by atoms with E-state index in [0.29, 0.717) is 12.5 Å². The van der Waals surface area contributed by atoms with E-state index in [2.05, 4.69) is 6.92 Å². The van der Waals surface area contributed by atoms with Crippen molar-refractivity contribution in [3.8, 4) is 0 Å². The summed E-state index contributed by atoms with van der Waals surface area (Å²) in [6, 6.07) is 0. The Morgan fingerprint density at radius 2 is 2.13 bits per heavy atom. The summed E-state index contributed by atoms with van der Waals surface area (Å²) >= 11 is 0. The van der Waals surface area contributed by atoms with E-state index in [9.17, 15) is 13.2 Å². The third-order valence-electron chi connectivity index (χ3n) is 2.98. The summed E-state index contributed by atoms with van der Waals surface area (Å²) in [5.41, 5.74) is 5.08. The third-order valence-corrected chi connectivity index (χ3v) is 2.98. The van der Waals surface area contributed by atoms with Crippen LogP contribution in [-0.4, -0.2) is 24.9 Å². The number of hydrogen-bond acceptors (Lipinski definition) is 2. The molecule has 1 aliphatic carbocycles. The second-order valence-corrected chi connectivity index (χ2v) is 4.45. The molecule has 2 unspecified atom stereocenters. The molecular formula is C10H18F3NO. The second kappa shape index (κ2) is 4.70. The third kappa shape index (κ3) is 3.99. The maximum atomic E-state index is 11.9. The lowest BCUT2D eigenvalue weighted by Crippen LogP contribution is -2.39. The van der Waals surface area contributed by atoms with Gasteiger partial charge in [0.15, 0.2) is 0 Å². The van der Waals surface area contributed by atoms with Crippen molar-refractivity contribution in [3.63, 3.8) is 0 Å². The van der Waals surface area contributed by atoms with E-state index < -0.39 is 18.2 Å². The number of hydrogen-bond donors (Lipinski definition) is 1. The molecule has 1 saturated carbocycles. The molecule has 0 heterocycles. The minimum absolute atomic E-state index is 0.270. The number of ether oxygens (including phenoxy) is 1. The Kier molecular flexibility index (Phi) is 4.00. The molecular weight excluding hydrogens is 207 g/mol. The van der Waals surface area contributed by atoms with Gasteiger partial charge in [-0.1, -0.05) is 6.92 Å². The Labute approximate surface area is 88.0 Å². The van der Waals surface area contributed by atoms with Crippen molar-refractivity contribution < 1.29 is 17.9 Å². The molecule has 1 rings (SSSR count). The fourth-order valence-electron chi connectivity index (χ4n) is 2.11. The molecule has 2 N–H and O–H groups in total. The van der Waals surface area contributed by atoms with Crippen LogP contribution >= 0.6 is 0 Å². The molecule has 15 heavy (non-hydrogen) atoms. The van der Waals surface area contributed by atoms with Gasteiger partial charge >= 0.3 is 6.18 Å². The van der Waals surface area contributed by atoms with Gasteiger partial charge in [-0.25, -0.2) is 0 Å². The zero-order valence-corrected chi connectivity index (χ0v) is 8.94. The average Bonchev–Trinajstić information content (AvgIpc) is 2.46. The summed E-state index contributed by atoms with van der Waals surface area (Å²) in [4.78, 5) is 0. The van der Waals surface area contributed by atoms with E-state index in [0.717, 1.165) is 19.3 Å². The van der Waals surface area contributed by atoms with Crippen molar-refractivity contribution in [2.45, 2.75) is 44.4 Å². The zero-order chi connectivity index (χ0) is 11.5. The summed E-state index contributed by atoms with van der Waals surface area (Å²) in [6.45, 7) is 2.12. The van der Waals surface area contributed by atoms with Crippen molar-refractivity contribution in [2.75, 3.05) is 13.2 Å². The maximum Gasteiger partial charge on any atom is 0.391 e. The van der Waals surface area contributed by atoms with Crippen LogP contribution in [0.1, 0.15) is 32.6 Å². The normalized spacial score (nSPS) is 32.2. The number of rotatable bonds is 4. The smallest absolute Gasteiger partial charge is 0.373 e. The van der Waals surface area contributed by atoms with Gasteiger partial charge in [-0.3, -0.25) is 0 Å². The van der Waals surface area contributed by atoms with Crippen molar-refractivity contribution in [1.29, 1.82) is 0 Å². The van der Waals surface area contributed by atoms with Crippen LogP contribution < -0.4 is 5.73 Å². The first kappa shape index (κ1) is 12.8. The van der Waals surface area contributed by atoms with E-state index in [1.807, 2.05) is 0 Å². The molecule has 1 fully saturated rings. The monoisotopic (exact) mass is 225 g/mol. The van der Waals surface area contributed by atoms with Crippen LogP contribution in [0.15, 0.2) is 0 Å². The largest absolute Gasteiger partial charge is 0.391 e. The first-order chi connectivity index (χ1) is 6.87. The zero-order valence-electron chi connectivity index (χ0n) is 8.94. The number of halogens is 3. The van der Waals surface area contributed by atoms with Gasteiger partial charge in [0, 0.05) is 6.54 Å². The summed E-state index contributed by atoms with van der Waals surface area (Å²) in [5.74, 6) is 0.499. The van der Waals surface area contributed by atoms with Crippen LogP contribution in [-0.2, 0) is 4.74 Å². The standard InChI is InChI=1S/C10H18F3NO/c1-8-2-3-9(6-8,7-14)15-5-4-10(11,12)13/h8H,2-7,14H2,1H3. The lowest BCUT2D eigenvalue weighted by Gasteiger charge is -2.28. The molecule has 5 heteroatoms. The molecule has 0 bridgehead atoms. The summed E-state index contributed by atoms with van der Waals surface area (Å²) < 4.78 is 41.1. The SMILES string of the molecule is CC1CCC(CN)(OCCC(F)(F)F)C1. The molecule has 0 saturated heterocycles. The van der Waals surface area contributed by atoms with Crippen molar-refractivity contribution in [2.24, 2.45) is 11.7 Å². The topological polar surface area (TPSA) is 35.2 Å². The molecule has 0 radical (unpaired) electrons. The van der Waals surface area contributed by atoms with Crippen molar-refractivity contribution in [1.82, 2.24) is 0 Å². The highest BCUT2D eigenvalue weighted by molar-refractivity contribution is 4.90. The van der Waals surface area contributed by atoms with E-state index in [4.69, 9.17) is 10.5 Å². The van der Waals surface area contributed by atoms with Crippen LogP contribution in [0.4, 0.5) is 13.2 Å². The lowest BCUT2D eigenvalue weighted by molar-refractivity contribution is -0.157. The summed E-state index contributed by atoms with van der Waals surface area (Å²) in [7, 11) is 0. The van der Waals surface area contributed by atoms with Crippen LogP contribution in [0.2, 0.25) is 0 Å². The van der Waals surface area contributed by atoms with Gasteiger partial charge in [0.25, 0.3) is 0 Å². The molecule has 2 nitrogen and oxygen atoms in total. The van der Waals surface area contributed by atoms with Gasteiger partial charge in [-0.05, 0) is 25.2 Å². The Morgan fingerprint density at radius 3 is 2.53 bits per heavy atom. The van der Waals surface area contributed by atoms with E-state index in [-0.39, 0.29) is 6.61 Å². The van der Waals surface area contributed by atoms with Gasteiger partial charge in [0.1, 0.15) is 0 Å². The molecule has 2 atom stereocenters. The molecule has 0 aromatic rings. The highest BCUT2D eigenvalue weighted by Crippen LogP contribution is 2.37. The quantitative estimate of drug-likeness (QED) is 0.797. The van der Waals surface area contributed by atoms with Gasteiger partial charge < -0.3 is 10.5 Å². The Bertz CT molecular complexity index is 207. The summed E-state index contributed by atoms with van der Waals surface area (Å²) in [6.07, 6.45) is -2.48. The molecule has 90 valence electrons. The van der Waals surface area contributed by atoms with Gasteiger partial charge in [0.05, 0.1) is 18.6 Å². The minimum Gasteiger partial charge on any atom is -0.373 e. The van der Waals surface area contributed by atoms with E-state index >= 15 is 0 Å². The van der Waals surface area contributed by atoms with E-state index in [1.54, 1.807) is 0 Å². The first-order valence-electron chi connectivity index (χ1n) is 5.28. The maximum absolute atomic E-state index is 11.9. The molecule has 0 aliphatic heterocycles. The molecule has 0 spiro atoms. The molecule has 0 aromatic heterocycles. The number of nitrogens with two attached hydrogens (primary N) is 1. The number of alkyl halides is 3. The van der Waals surface area contributed by atoms with Crippen LogP contribution in [0, 0.1) is 5.92 Å². The van der Waals surface area contributed by atoms with Gasteiger partial charge in [-0.15, -0.1) is 0 Å². The Morgan fingerprint density at radius 1 is 1.47 bits per heavy atom. The van der Waals surface area contributed by atoms with E-state index in [1.165, 1.54) is 0 Å². The average molecular weight is 225 g/mol. The van der Waals surface area contributed by atoms with Crippen molar-refractivity contribution >= 4 is 0 Å². The molecule has 0 aromatic carbocycles. The van der Waals surface area contributed by atoms with Crippen LogP contribution in [0.5, 0.6) is 0 Å². The van der Waals surface area contributed by atoms with Crippen molar-refractivity contribution in [3.05, 3.63) is 0 Å². The predicted octanol–water partition coefficient (Wildman–Crippen LogP) is 2.47. The highest BCUT2D eigenvalue weighted by atomic mass is 19.4. The van der Waals surface area contributed by atoms with Crippen LogP contribution in [0.25, 0.3) is 0 Å². The molecule has 0 amide bonds. The second-order valence-electron chi connectivity index (χ2n) is 4.45. The van der Waals surface area contributed by atoms with Crippen LogP contribution in [0.3, 0.4) is 0 Å². The Hall–Kier alpha value is -0.290.